The molecule has 1 aromatic heterocycles. The molecule has 170 valence electrons. The molecule has 0 aliphatic rings. The molecule has 0 amide bonds. The standard InChI is InChI=1S/C15H13N3O.C13H11IO/c1-2-5-13(6-3-1)10-19-15-8-4-7-14(9-15)18-12-16-11-17-18;14-12-7-4-8-13(9-12)15-10-11-5-2-1-3-6-11/h1-9,11-12H,10H2;1-9H,10H2. The van der Waals surface area contributed by atoms with Crippen molar-refractivity contribution in [2.24, 2.45) is 0 Å². The summed E-state index contributed by atoms with van der Waals surface area (Å²) < 4.78 is 14.3. The molecule has 0 radical (unpaired) electrons. The van der Waals surface area contributed by atoms with Crippen LogP contribution in [0.2, 0.25) is 0 Å². The third kappa shape index (κ3) is 7.45. The molecule has 0 saturated heterocycles. The molecule has 1 heterocycles. The number of benzene rings is 4. The van der Waals surface area contributed by atoms with Gasteiger partial charge >= 0.3 is 0 Å². The van der Waals surface area contributed by atoms with Gasteiger partial charge in [0.15, 0.2) is 0 Å². The SMILES string of the molecule is Ic1cccc(OCc2ccccc2)c1.c1ccc(COc2cccc(-n3cncn3)c2)cc1. The van der Waals surface area contributed by atoms with E-state index in [1.165, 1.54) is 15.5 Å². The van der Waals surface area contributed by atoms with E-state index in [1.807, 2.05) is 91.0 Å². The lowest BCUT2D eigenvalue weighted by atomic mass is 10.2. The van der Waals surface area contributed by atoms with Crippen molar-refractivity contribution in [1.29, 1.82) is 0 Å². The summed E-state index contributed by atoms with van der Waals surface area (Å²) in [6.45, 7) is 1.18. The van der Waals surface area contributed by atoms with Crippen LogP contribution in [0.4, 0.5) is 0 Å². The predicted molar refractivity (Wildman–Crippen MR) is 142 cm³/mol. The monoisotopic (exact) mass is 561 g/mol. The van der Waals surface area contributed by atoms with Gasteiger partial charge in [-0.3, -0.25) is 0 Å². The summed E-state index contributed by atoms with van der Waals surface area (Å²) >= 11 is 2.28. The Morgan fingerprint density at radius 1 is 0.647 bits per heavy atom. The smallest absolute Gasteiger partial charge is 0.138 e. The van der Waals surface area contributed by atoms with Crippen LogP contribution in [0.15, 0.2) is 122 Å². The first-order chi connectivity index (χ1) is 16.8. The zero-order valence-electron chi connectivity index (χ0n) is 18.5. The van der Waals surface area contributed by atoms with Crippen LogP contribution < -0.4 is 9.47 Å². The summed E-state index contributed by atoms with van der Waals surface area (Å²) in [5.74, 6) is 1.74. The molecule has 0 saturated carbocycles. The number of hydrogen-bond donors (Lipinski definition) is 0. The van der Waals surface area contributed by atoms with E-state index in [1.54, 1.807) is 11.0 Å². The molecule has 0 aliphatic carbocycles. The van der Waals surface area contributed by atoms with E-state index in [0.717, 1.165) is 22.7 Å². The first kappa shape index (κ1) is 23.5. The van der Waals surface area contributed by atoms with Gasteiger partial charge in [0.05, 0.1) is 5.69 Å². The van der Waals surface area contributed by atoms with E-state index in [-0.39, 0.29) is 0 Å². The van der Waals surface area contributed by atoms with Gasteiger partial charge < -0.3 is 9.47 Å². The molecule has 34 heavy (non-hydrogen) atoms. The van der Waals surface area contributed by atoms with Crippen molar-refractivity contribution in [2.75, 3.05) is 0 Å². The van der Waals surface area contributed by atoms with Crippen LogP contribution >= 0.6 is 22.6 Å². The predicted octanol–water partition coefficient (Wildman–Crippen LogP) is 6.72. The minimum absolute atomic E-state index is 0.557. The van der Waals surface area contributed by atoms with Crippen molar-refractivity contribution in [3.63, 3.8) is 0 Å². The normalized spacial score (nSPS) is 10.1. The Labute approximate surface area is 213 Å². The minimum Gasteiger partial charge on any atom is -0.489 e. The molecule has 0 N–H and O–H groups in total. The third-order valence-corrected chi connectivity index (χ3v) is 5.46. The fourth-order valence-electron chi connectivity index (χ4n) is 3.10. The molecule has 4 aromatic carbocycles. The van der Waals surface area contributed by atoms with Gasteiger partial charge in [-0.2, -0.15) is 5.10 Å². The average molecular weight is 561 g/mol. The Hall–Kier alpha value is -3.65. The van der Waals surface area contributed by atoms with Crippen molar-refractivity contribution in [3.05, 3.63) is 137 Å². The number of nitrogens with zero attached hydrogens (tertiary/aromatic N) is 3. The van der Waals surface area contributed by atoms with Crippen LogP contribution in [0.25, 0.3) is 5.69 Å². The van der Waals surface area contributed by atoms with Crippen LogP contribution in [0.5, 0.6) is 11.5 Å². The highest BCUT2D eigenvalue weighted by atomic mass is 127. The highest BCUT2D eigenvalue weighted by Crippen LogP contribution is 2.18. The molecule has 0 aliphatic heterocycles. The molecular formula is C28H24IN3O2. The molecule has 0 bridgehead atoms. The van der Waals surface area contributed by atoms with Crippen molar-refractivity contribution >= 4 is 22.6 Å². The van der Waals surface area contributed by atoms with E-state index in [0.29, 0.717) is 13.2 Å². The Morgan fingerprint density at radius 2 is 1.24 bits per heavy atom. The number of hydrogen-bond acceptors (Lipinski definition) is 4. The Kier molecular flexibility index (Phi) is 8.68. The summed E-state index contributed by atoms with van der Waals surface area (Å²) in [6.07, 6.45) is 3.17. The first-order valence-corrected chi connectivity index (χ1v) is 11.9. The molecular weight excluding hydrogens is 537 g/mol. The van der Waals surface area contributed by atoms with Crippen molar-refractivity contribution in [3.8, 4) is 17.2 Å². The van der Waals surface area contributed by atoms with E-state index in [2.05, 4.69) is 50.9 Å². The molecule has 5 rings (SSSR count). The van der Waals surface area contributed by atoms with Crippen LogP contribution in [0.3, 0.4) is 0 Å². The minimum atomic E-state index is 0.557. The summed E-state index contributed by atoms with van der Waals surface area (Å²) in [5, 5.41) is 4.10. The first-order valence-electron chi connectivity index (χ1n) is 10.8. The summed E-state index contributed by atoms with van der Waals surface area (Å²) in [7, 11) is 0. The van der Waals surface area contributed by atoms with E-state index >= 15 is 0 Å². The average Bonchev–Trinajstić information content (AvgIpc) is 3.44. The second-order valence-electron chi connectivity index (χ2n) is 7.34. The van der Waals surface area contributed by atoms with Crippen LogP contribution in [0, 0.1) is 3.57 Å². The van der Waals surface area contributed by atoms with E-state index < -0.39 is 0 Å². The number of rotatable bonds is 7. The number of ether oxygens (including phenoxy) is 2. The molecule has 5 nitrogen and oxygen atoms in total. The van der Waals surface area contributed by atoms with Crippen LogP contribution in [-0.2, 0) is 13.2 Å². The molecule has 6 heteroatoms. The van der Waals surface area contributed by atoms with Crippen molar-refractivity contribution in [1.82, 2.24) is 14.8 Å². The largest absolute Gasteiger partial charge is 0.489 e. The van der Waals surface area contributed by atoms with Gasteiger partial charge in [-0.15, -0.1) is 0 Å². The Bertz CT molecular complexity index is 1260. The Morgan fingerprint density at radius 3 is 1.79 bits per heavy atom. The molecule has 0 atom stereocenters. The van der Waals surface area contributed by atoms with Gasteiger partial charge in [0.25, 0.3) is 0 Å². The maximum absolute atomic E-state index is 5.77. The summed E-state index contributed by atoms with van der Waals surface area (Å²) in [4.78, 5) is 3.93. The fraction of sp³-hybridized carbons (Fsp3) is 0.0714. The second kappa shape index (κ2) is 12.6. The zero-order chi connectivity index (χ0) is 23.4. The fourth-order valence-corrected chi connectivity index (χ4v) is 3.61. The van der Waals surface area contributed by atoms with Gasteiger partial charge in [-0.25, -0.2) is 9.67 Å². The molecule has 0 fully saturated rings. The maximum Gasteiger partial charge on any atom is 0.138 e. The van der Waals surface area contributed by atoms with Crippen LogP contribution in [-0.4, -0.2) is 14.8 Å². The van der Waals surface area contributed by atoms with Gasteiger partial charge in [-0.1, -0.05) is 72.8 Å². The lowest BCUT2D eigenvalue weighted by Crippen LogP contribution is -1.98. The number of aromatic nitrogens is 3. The van der Waals surface area contributed by atoms with E-state index in [4.69, 9.17) is 9.47 Å². The maximum atomic E-state index is 5.77. The highest BCUT2D eigenvalue weighted by molar-refractivity contribution is 14.1. The lowest BCUT2D eigenvalue weighted by molar-refractivity contribution is 0.306. The third-order valence-electron chi connectivity index (χ3n) is 4.79. The van der Waals surface area contributed by atoms with Crippen molar-refractivity contribution < 1.29 is 9.47 Å². The quantitative estimate of drug-likeness (QED) is 0.207. The van der Waals surface area contributed by atoms with Gasteiger partial charge in [0.2, 0.25) is 0 Å². The summed E-state index contributed by atoms with van der Waals surface area (Å²) in [5.41, 5.74) is 3.27. The lowest BCUT2D eigenvalue weighted by Gasteiger charge is -2.08. The zero-order valence-corrected chi connectivity index (χ0v) is 20.7. The molecule has 0 unspecified atom stereocenters. The molecule has 5 aromatic rings. The van der Waals surface area contributed by atoms with E-state index in [9.17, 15) is 0 Å². The second-order valence-corrected chi connectivity index (χ2v) is 8.59. The van der Waals surface area contributed by atoms with Crippen molar-refractivity contribution in [2.45, 2.75) is 13.2 Å². The molecule has 0 spiro atoms. The van der Waals surface area contributed by atoms with Gasteiger partial charge in [0, 0.05) is 9.64 Å². The highest BCUT2D eigenvalue weighted by Gasteiger charge is 2.00. The number of halogens is 1. The van der Waals surface area contributed by atoms with Gasteiger partial charge in [0.1, 0.15) is 37.4 Å². The summed E-state index contributed by atoms with van der Waals surface area (Å²) in [6, 6.07) is 36.1. The van der Waals surface area contributed by atoms with Crippen LogP contribution in [0.1, 0.15) is 11.1 Å². The van der Waals surface area contributed by atoms with Gasteiger partial charge in [-0.05, 0) is 64.0 Å². The topological polar surface area (TPSA) is 49.2 Å². The Balaban J connectivity index is 0.000000166.